The standard InChI is InChI=1S/C10H9NO3/c1-2-14-10(13)7-9(12)8-3-5-11-6-4-8/h2-6H,1,7H2. The van der Waals surface area contributed by atoms with Crippen LogP contribution in [-0.4, -0.2) is 16.7 Å². The van der Waals surface area contributed by atoms with E-state index in [0.717, 1.165) is 6.26 Å². The summed E-state index contributed by atoms with van der Waals surface area (Å²) in [5.74, 6) is -0.902. The van der Waals surface area contributed by atoms with Gasteiger partial charge in [0.15, 0.2) is 5.78 Å². The van der Waals surface area contributed by atoms with E-state index in [0.29, 0.717) is 5.56 Å². The second-order valence-corrected chi connectivity index (χ2v) is 2.49. The lowest BCUT2D eigenvalue weighted by Gasteiger charge is -1.98. The Balaban J connectivity index is 2.59. The molecule has 0 aliphatic heterocycles. The molecule has 0 radical (unpaired) electrons. The van der Waals surface area contributed by atoms with Crippen LogP contribution in [0.4, 0.5) is 0 Å². The largest absolute Gasteiger partial charge is 0.435 e. The molecule has 4 heteroatoms. The predicted octanol–water partition coefficient (Wildman–Crippen LogP) is 1.34. The summed E-state index contributed by atoms with van der Waals surface area (Å²) in [4.78, 5) is 26.0. The number of Topliss-reactive ketones (excluding diaryl/α,β-unsaturated/α-hetero) is 1. The second-order valence-electron chi connectivity index (χ2n) is 2.49. The fourth-order valence-corrected chi connectivity index (χ4v) is 0.906. The van der Waals surface area contributed by atoms with Crippen molar-refractivity contribution in [2.24, 2.45) is 0 Å². The fourth-order valence-electron chi connectivity index (χ4n) is 0.906. The normalized spacial score (nSPS) is 9.14. The zero-order chi connectivity index (χ0) is 10.4. The van der Waals surface area contributed by atoms with Gasteiger partial charge in [0.05, 0.1) is 6.26 Å². The van der Waals surface area contributed by atoms with Crippen LogP contribution in [0.15, 0.2) is 37.4 Å². The molecule has 0 saturated carbocycles. The molecule has 0 spiro atoms. The number of carbonyl (C=O) groups excluding carboxylic acids is 2. The number of rotatable bonds is 4. The highest BCUT2D eigenvalue weighted by Crippen LogP contribution is 2.02. The molecule has 72 valence electrons. The summed E-state index contributed by atoms with van der Waals surface area (Å²) < 4.78 is 4.42. The number of ether oxygens (including phenoxy) is 1. The predicted molar refractivity (Wildman–Crippen MR) is 49.5 cm³/mol. The first-order chi connectivity index (χ1) is 6.74. The molecule has 1 heterocycles. The highest BCUT2D eigenvalue weighted by molar-refractivity contribution is 6.05. The number of nitrogens with zero attached hydrogens (tertiary/aromatic N) is 1. The van der Waals surface area contributed by atoms with Gasteiger partial charge in [-0.15, -0.1) is 0 Å². The van der Waals surface area contributed by atoms with Crippen molar-refractivity contribution in [2.45, 2.75) is 6.42 Å². The van der Waals surface area contributed by atoms with Crippen molar-refractivity contribution in [3.63, 3.8) is 0 Å². The first-order valence-electron chi connectivity index (χ1n) is 3.97. The Morgan fingerprint density at radius 1 is 1.43 bits per heavy atom. The minimum absolute atomic E-state index is 0.282. The molecule has 0 amide bonds. The van der Waals surface area contributed by atoms with Gasteiger partial charge in [-0.3, -0.25) is 14.6 Å². The average Bonchev–Trinajstić information content (AvgIpc) is 2.19. The van der Waals surface area contributed by atoms with E-state index in [-0.39, 0.29) is 12.2 Å². The zero-order valence-electron chi connectivity index (χ0n) is 7.47. The number of ketones is 1. The Morgan fingerprint density at radius 2 is 2.07 bits per heavy atom. The quantitative estimate of drug-likeness (QED) is 0.312. The van der Waals surface area contributed by atoms with Crippen LogP contribution in [0.5, 0.6) is 0 Å². The van der Waals surface area contributed by atoms with Gasteiger partial charge in [0.25, 0.3) is 0 Å². The third-order valence-corrected chi connectivity index (χ3v) is 1.52. The molecule has 0 atom stereocenters. The molecule has 1 aromatic heterocycles. The summed E-state index contributed by atoms with van der Waals surface area (Å²) >= 11 is 0. The number of esters is 1. The third-order valence-electron chi connectivity index (χ3n) is 1.52. The van der Waals surface area contributed by atoms with E-state index in [1.165, 1.54) is 12.4 Å². The first-order valence-corrected chi connectivity index (χ1v) is 3.97. The van der Waals surface area contributed by atoms with Gasteiger partial charge in [0.2, 0.25) is 0 Å². The van der Waals surface area contributed by atoms with Crippen molar-refractivity contribution in [2.75, 3.05) is 0 Å². The van der Waals surface area contributed by atoms with E-state index < -0.39 is 5.97 Å². The summed E-state index contributed by atoms with van der Waals surface area (Å²) in [7, 11) is 0. The van der Waals surface area contributed by atoms with Crippen LogP contribution in [-0.2, 0) is 9.53 Å². The molecule has 0 aliphatic rings. The molecule has 14 heavy (non-hydrogen) atoms. The summed E-state index contributed by atoms with van der Waals surface area (Å²) in [5, 5.41) is 0. The summed E-state index contributed by atoms with van der Waals surface area (Å²) in [6.45, 7) is 3.22. The van der Waals surface area contributed by atoms with Crippen molar-refractivity contribution in [3.8, 4) is 0 Å². The van der Waals surface area contributed by atoms with Crippen LogP contribution in [0, 0.1) is 0 Å². The topological polar surface area (TPSA) is 56.3 Å². The maximum absolute atomic E-state index is 11.4. The summed E-state index contributed by atoms with van der Waals surface area (Å²) in [6.07, 6.45) is 3.70. The Labute approximate surface area is 81.2 Å². The zero-order valence-corrected chi connectivity index (χ0v) is 7.47. The van der Waals surface area contributed by atoms with Crippen molar-refractivity contribution in [1.29, 1.82) is 0 Å². The lowest BCUT2D eigenvalue weighted by atomic mass is 10.1. The van der Waals surface area contributed by atoms with Gasteiger partial charge in [-0.05, 0) is 12.1 Å². The number of pyridine rings is 1. The lowest BCUT2D eigenvalue weighted by molar-refractivity contribution is -0.136. The van der Waals surface area contributed by atoms with Gasteiger partial charge < -0.3 is 4.74 Å². The smallest absolute Gasteiger partial charge is 0.318 e. The minimum Gasteiger partial charge on any atom is -0.435 e. The average molecular weight is 191 g/mol. The van der Waals surface area contributed by atoms with E-state index in [9.17, 15) is 9.59 Å². The van der Waals surface area contributed by atoms with Crippen molar-refractivity contribution in [1.82, 2.24) is 4.98 Å². The molecular formula is C10H9NO3. The first kappa shape index (κ1) is 10.1. The van der Waals surface area contributed by atoms with Crippen LogP contribution in [0.3, 0.4) is 0 Å². The number of hydrogen-bond donors (Lipinski definition) is 0. The van der Waals surface area contributed by atoms with Gasteiger partial charge >= 0.3 is 5.97 Å². The maximum Gasteiger partial charge on any atom is 0.318 e. The Bertz CT molecular complexity index is 346. The van der Waals surface area contributed by atoms with Crippen LogP contribution < -0.4 is 0 Å². The van der Waals surface area contributed by atoms with Gasteiger partial charge in [-0.1, -0.05) is 6.58 Å². The molecule has 0 bridgehead atoms. The van der Waals surface area contributed by atoms with Crippen LogP contribution in [0.25, 0.3) is 0 Å². The van der Waals surface area contributed by atoms with Crippen molar-refractivity contribution < 1.29 is 14.3 Å². The summed E-state index contributed by atoms with van der Waals surface area (Å²) in [6, 6.07) is 3.09. The monoisotopic (exact) mass is 191 g/mol. The summed E-state index contributed by atoms with van der Waals surface area (Å²) in [5.41, 5.74) is 0.445. The van der Waals surface area contributed by atoms with Crippen LogP contribution >= 0.6 is 0 Å². The van der Waals surface area contributed by atoms with E-state index >= 15 is 0 Å². The Hall–Kier alpha value is -1.97. The van der Waals surface area contributed by atoms with E-state index in [1.807, 2.05) is 0 Å². The minimum atomic E-state index is -0.609. The number of carbonyl (C=O) groups is 2. The van der Waals surface area contributed by atoms with E-state index in [2.05, 4.69) is 16.3 Å². The molecule has 0 aromatic carbocycles. The van der Waals surface area contributed by atoms with Gasteiger partial charge in [-0.25, -0.2) is 0 Å². The highest BCUT2D eigenvalue weighted by Gasteiger charge is 2.11. The lowest BCUT2D eigenvalue weighted by Crippen LogP contribution is -2.08. The molecule has 0 aliphatic carbocycles. The molecule has 1 rings (SSSR count). The molecule has 0 fully saturated rings. The van der Waals surface area contributed by atoms with Crippen LogP contribution in [0.2, 0.25) is 0 Å². The fraction of sp³-hybridized carbons (Fsp3) is 0.100. The highest BCUT2D eigenvalue weighted by atomic mass is 16.5. The molecule has 4 nitrogen and oxygen atoms in total. The van der Waals surface area contributed by atoms with E-state index in [1.54, 1.807) is 12.1 Å². The third kappa shape index (κ3) is 2.82. The van der Waals surface area contributed by atoms with Gasteiger partial charge in [0.1, 0.15) is 6.42 Å². The van der Waals surface area contributed by atoms with Gasteiger partial charge in [0, 0.05) is 18.0 Å². The molecular weight excluding hydrogens is 182 g/mol. The molecule has 0 unspecified atom stereocenters. The SMILES string of the molecule is C=COC(=O)CC(=O)c1ccncc1. The van der Waals surface area contributed by atoms with Crippen molar-refractivity contribution >= 4 is 11.8 Å². The maximum atomic E-state index is 11.4. The molecule has 1 aromatic rings. The van der Waals surface area contributed by atoms with Gasteiger partial charge in [-0.2, -0.15) is 0 Å². The number of hydrogen-bond acceptors (Lipinski definition) is 4. The number of aromatic nitrogens is 1. The van der Waals surface area contributed by atoms with E-state index in [4.69, 9.17) is 0 Å². The Morgan fingerprint density at radius 3 is 2.64 bits per heavy atom. The molecule has 0 saturated heterocycles. The second kappa shape index (κ2) is 4.91. The van der Waals surface area contributed by atoms with Crippen molar-refractivity contribution in [3.05, 3.63) is 42.9 Å². The van der Waals surface area contributed by atoms with Crippen LogP contribution in [0.1, 0.15) is 16.8 Å². The molecule has 0 N–H and O–H groups in total. The Kier molecular flexibility index (Phi) is 3.55.